The van der Waals surface area contributed by atoms with E-state index in [9.17, 15) is 9.59 Å². The van der Waals surface area contributed by atoms with Gasteiger partial charge in [0.1, 0.15) is 11.5 Å². The van der Waals surface area contributed by atoms with Crippen molar-refractivity contribution in [3.8, 4) is 11.5 Å². The first-order valence-electron chi connectivity index (χ1n) is 8.62. The van der Waals surface area contributed by atoms with Crippen LogP contribution in [-0.2, 0) is 16.1 Å². The predicted octanol–water partition coefficient (Wildman–Crippen LogP) is 2.71. The van der Waals surface area contributed by atoms with E-state index in [-0.39, 0.29) is 12.3 Å². The van der Waals surface area contributed by atoms with Gasteiger partial charge in [0.05, 0.1) is 31.7 Å². The minimum absolute atomic E-state index is 0.0534. The summed E-state index contributed by atoms with van der Waals surface area (Å²) in [5, 5.41) is -0.183. The Labute approximate surface area is 167 Å². The summed E-state index contributed by atoms with van der Waals surface area (Å²) in [6.45, 7) is 0.344. The summed E-state index contributed by atoms with van der Waals surface area (Å²) in [7, 11) is 3.19. The number of nitrogens with two attached hydrogens (primary N) is 1. The largest absolute Gasteiger partial charge is 0.497 e. The predicted molar refractivity (Wildman–Crippen MR) is 109 cm³/mol. The van der Waals surface area contributed by atoms with Gasteiger partial charge in [-0.3, -0.25) is 14.5 Å². The van der Waals surface area contributed by atoms with E-state index in [0.29, 0.717) is 23.1 Å². The summed E-state index contributed by atoms with van der Waals surface area (Å²) in [6.07, 6.45) is 0.0534. The highest BCUT2D eigenvalue weighted by Crippen LogP contribution is 2.30. The van der Waals surface area contributed by atoms with E-state index < -0.39 is 11.2 Å². The first-order chi connectivity index (χ1) is 13.5. The van der Waals surface area contributed by atoms with Crippen LogP contribution in [0.2, 0.25) is 0 Å². The molecule has 146 valence electrons. The molecule has 3 rings (SSSR count). The van der Waals surface area contributed by atoms with Crippen molar-refractivity contribution in [3.63, 3.8) is 0 Å². The Morgan fingerprint density at radius 2 is 1.68 bits per heavy atom. The number of carbonyl (C=O) groups excluding carboxylic acids is 2. The van der Waals surface area contributed by atoms with Gasteiger partial charge in [-0.05, 0) is 42.0 Å². The van der Waals surface area contributed by atoms with Gasteiger partial charge in [-0.1, -0.05) is 23.9 Å². The van der Waals surface area contributed by atoms with Gasteiger partial charge in [-0.15, -0.1) is 0 Å². The summed E-state index contributed by atoms with van der Waals surface area (Å²) in [5.74, 6) is 0.737. The second-order valence-corrected chi connectivity index (χ2v) is 7.30. The average molecular weight is 399 g/mol. The fourth-order valence-corrected chi connectivity index (χ4v) is 3.74. The van der Waals surface area contributed by atoms with Crippen molar-refractivity contribution in [1.82, 2.24) is 4.90 Å². The third-order valence-electron chi connectivity index (χ3n) is 4.25. The smallest absolute Gasteiger partial charge is 0.231 e. The molecule has 8 heteroatoms. The molecular weight excluding hydrogens is 378 g/mol. The number of benzene rings is 2. The van der Waals surface area contributed by atoms with Crippen LogP contribution < -0.4 is 15.2 Å². The molecule has 1 fully saturated rings. The summed E-state index contributed by atoms with van der Waals surface area (Å²) < 4.78 is 10.3. The van der Waals surface area contributed by atoms with Crippen LogP contribution in [0.3, 0.4) is 0 Å². The zero-order chi connectivity index (χ0) is 20.1. The highest BCUT2D eigenvalue weighted by molar-refractivity contribution is 8.15. The summed E-state index contributed by atoms with van der Waals surface area (Å²) in [6, 6.07) is 14.6. The van der Waals surface area contributed by atoms with Crippen LogP contribution in [0.4, 0.5) is 5.69 Å². The Bertz CT molecular complexity index is 881. The molecule has 7 nitrogen and oxygen atoms in total. The number of aliphatic imine (C=N–C) groups is 1. The highest BCUT2D eigenvalue weighted by Gasteiger charge is 2.34. The number of methoxy groups -OCH3 is 2. The van der Waals surface area contributed by atoms with Crippen molar-refractivity contribution in [2.75, 3.05) is 14.2 Å². The maximum absolute atomic E-state index is 12.7. The molecule has 2 N–H and O–H groups in total. The zero-order valence-electron chi connectivity index (χ0n) is 15.6. The Morgan fingerprint density at radius 3 is 2.21 bits per heavy atom. The van der Waals surface area contributed by atoms with E-state index in [1.165, 1.54) is 11.8 Å². The molecule has 0 aromatic heterocycles. The normalized spacial score (nSPS) is 18.2. The number of amidine groups is 1. The highest BCUT2D eigenvalue weighted by atomic mass is 32.2. The SMILES string of the molecule is COc1ccc(CN2C(=O)C[C@@H](C(N)=O)SC2=Nc2ccc(OC)cc2)cc1. The van der Waals surface area contributed by atoms with E-state index in [0.717, 1.165) is 11.3 Å². The average Bonchev–Trinajstić information content (AvgIpc) is 2.71. The number of hydrogen-bond acceptors (Lipinski definition) is 6. The van der Waals surface area contributed by atoms with Crippen molar-refractivity contribution in [3.05, 3.63) is 54.1 Å². The number of thioether (sulfide) groups is 1. The molecule has 0 spiro atoms. The molecule has 0 unspecified atom stereocenters. The van der Waals surface area contributed by atoms with E-state index in [4.69, 9.17) is 15.2 Å². The van der Waals surface area contributed by atoms with E-state index >= 15 is 0 Å². The molecule has 2 amide bonds. The Morgan fingerprint density at radius 1 is 1.11 bits per heavy atom. The van der Waals surface area contributed by atoms with Gasteiger partial charge in [-0.2, -0.15) is 0 Å². The number of carbonyl (C=O) groups is 2. The molecule has 28 heavy (non-hydrogen) atoms. The standard InChI is InChI=1S/C20H21N3O4S/c1-26-15-7-3-13(4-8-15)12-23-18(24)11-17(19(21)25)28-20(23)22-14-5-9-16(27-2)10-6-14/h3-10,17H,11-12H2,1-2H3,(H2,21,25)/t17-/m0/s1. The van der Waals surface area contributed by atoms with Crippen molar-refractivity contribution in [2.45, 2.75) is 18.2 Å². The molecule has 1 heterocycles. The third kappa shape index (κ3) is 4.64. The second-order valence-electron chi connectivity index (χ2n) is 6.13. The monoisotopic (exact) mass is 399 g/mol. The van der Waals surface area contributed by atoms with Crippen molar-refractivity contribution < 1.29 is 19.1 Å². The maximum Gasteiger partial charge on any atom is 0.231 e. The molecule has 1 aliphatic heterocycles. The zero-order valence-corrected chi connectivity index (χ0v) is 16.4. The van der Waals surface area contributed by atoms with E-state index in [1.807, 2.05) is 24.3 Å². The van der Waals surface area contributed by atoms with E-state index in [1.54, 1.807) is 43.4 Å². The fourth-order valence-electron chi connectivity index (χ4n) is 2.69. The number of nitrogens with zero attached hydrogens (tertiary/aromatic N) is 2. The minimum atomic E-state index is -0.628. The molecule has 0 bridgehead atoms. The topological polar surface area (TPSA) is 94.2 Å². The number of hydrogen-bond donors (Lipinski definition) is 1. The Hall–Kier alpha value is -3.00. The quantitative estimate of drug-likeness (QED) is 0.806. The van der Waals surface area contributed by atoms with Crippen LogP contribution in [0.25, 0.3) is 0 Å². The number of primary amides is 1. The lowest BCUT2D eigenvalue weighted by Crippen LogP contribution is -2.45. The van der Waals surface area contributed by atoms with Crippen LogP contribution in [0, 0.1) is 0 Å². The second kappa shape index (κ2) is 8.79. The minimum Gasteiger partial charge on any atom is -0.497 e. The van der Waals surface area contributed by atoms with Crippen LogP contribution in [0.15, 0.2) is 53.5 Å². The lowest BCUT2D eigenvalue weighted by Gasteiger charge is -2.31. The number of rotatable bonds is 6. The Kier molecular flexibility index (Phi) is 6.20. The van der Waals surface area contributed by atoms with E-state index in [2.05, 4.69) is 4.99 Å². The van der Waals surface area contributed by atoms with Crippen molar-refractivity contribution >= 4 is 34.4 Å². The first-order valence-corrected chi connectivity index (χ1v) is 9.50. The Balaban J connectivity index is 1.89. The molecule has 1 saturated heterocycles. The van der Waals surface area contributed by atoms with Crippen LogP contribution in [0.5, 0.6) is 11.5 Å². The summed E-state index contributed by atoms with van der Waals surface area (Å²) >= 11 is 1.21. The first kappa shape index (κ1) is 19.8. The summed E-state index contributed by atoms with van der Waals surface area (Å²) in [4.78, 5) is 30.5. The van der Waals surface area contributed by atoms with Gasteiger partial charge >= 0.3 is 0 Å². The third-order valence-corrected chi connectivity index (χ3v) is 5.46. The van der Waals surface area contributed by atoms with Gasteiger partial charge in [-0.25, -0.2) is 4.99 Å². The molecule has 0 aliphatic carbocycles. The summed E-state index contributed by atoms with van der Waals surface area (Å²) in [5.41, 5.74) is 7.02. The molecule has 0 saturated carbocycles. The van der Waals surface area contributed by atoms with Gasteiger partial charge in [0.15, 0.2) is 5.17 Å². The molecule has 1 aliphatic rings. The molecule has 2 aromatic carbocycles. The molecule has 2 aromatic rings. The van der Waals surface area contributed by atoms with Crippen molar-refractivity contribution in [1.29, 1.82) is 0 Å². The fraction of sp³-hybridized carbons (Fsp3) is 0.250. The maximum atomic E-state index is 12.7. The van der Waals surface area contributed by atoms with Gasteiger partial charge in [0.2, 0.25) is 11.8 Å². The van der Waals surface area contributed by atoms with Crippen LogP contribution in [0.1, 0.15) is 12.0 Å². The number of amides is 2. The van der Waals surface area contributed by atoms with Crippen LogP contribution in [-0.4, -0.2) is 41.4 Å². The molecule has 1 atom stereocenters. The van der Waals surface area contributed by atoms with Gasteiger partial charge in [0.25, 0.3) is 0 Å². The lowest BCUT2D eigenvalue weighted by molar-refractivity contribution is -0.130. The van der Waals surface area contributed by atoms with Crippen molar-refractivity contribution in [2.24, 2.45) is 10.7 Å². The van der Waals surface area contributed by atoms with Gasteiger partial charge < -0.3 is 15.2 Å². The van der Waals surface area contributed by atoms with Gasteiger partial charge in [0, 0.05) is 6.42 Å². The molecular formula is C20H21N3O4S. The van der Waals surface area contributed by atoms with Crippen LogP contribution >= 0.6 is 11.8 Å². The molecule has 0 radical (unpaired) electrons. The lowest BCUT2D eigenvalue weighted by atomic mass is 10.2. The number of ether oxygens (including phenoxy) is 2.